The molecule has 0 saturated carbocycles. The van der Waals surface area contributed by atoms with Crippen molar-refractivity contribution in [2.45, 2.75) is 36.0 Å². The van der Waals surface area contributed by atoms with Crippen LogP contribution in [0.4, 0.5) is 61.5 Å². The summed E-state index contributed by atoms with van der Waals surface area (Å²) in [5.74, 6) is -1.07. The molecule has 0 atom stereocenters. The van der Waals surface area contributed by atoms with Gasteiger partial charge in [-0.3, -0.25) is 4.79 Å². The Bertz CT molecular complexity index is 779. The maximum absolute atomic E-state index is 12.9. The summed E-state index contributed by atoms with van der Waals surface area (Å²) in [4.78, 5) is 19.9. The molecule has 0 aromatic heterocycles. The monoisotopic (exact) mass is 596 g/mol. The summed E-state index contributed by atoms with van der Waals surface area (Å²) in [6.07, 6.45) is -24.2. The van der Waals surface area contributed by atoms with Gasteiger partial charge in [0, 0.05) is 6.08 Å². The fourth-order valence-electron chi connectivity index (χ4n) is 1.31. The molecule has 0 aliphatic carbocycles. The zero-order valence-corrected chi connectivity index (χ0v) is 18.4. The van der Waals surface area contributed by atoms with Gasteiger partial charge in [0.15, 0.2) is 0 Å². The number of alkyl halides is 14. The number of aliphatic hydroxyl groups is 1. The van der Waals surface area contributed by atoms with Crippen molar-refractivity contribution in [3.05, 3.63) is 49.6 Å². The Morgan fingerprint density at radius 2 is 0.973 bits per heavy atom. The molecule has 0 heterocycles. The molecular weight excluding hydrogens is 582 g/mol. The van der Waals surface area contributed by atoms with E-state index in [-0.39, 0.29) is 12.2 Å². The number of carbonyl (C=O) groups excluding carboxylic acids is 2. The Kier molecular flexibility index (Phi) is 15.7. The third kappa shape index (κ3) is 12.9. The van der Waals surface area contributed by atoms with Crippen LogP contribution in [0.15, 0.2) is 49.6 Å². The fourth-order valence-corrected chi connectivity index (χ4v) is 1.31. The Hall–Kier alpha value is -2.63. The van der Waals surface area contributed by atoms with E-state index in [1.807, 2.05) is 0 Å². The third-order valence-corrected chi connectivity index (χ3v) is 3.25. The molecule has 0 bridgehead atoms. The Morgan fingerprint density at radius 1 is 0.676 bits per heavy atom. The van der Waals surface area contributed by atoms with Crippen LogP contribution < -0.4 is 0 Å². The van der Waals surface area contributed by atoms with E-state index in [4.69, 9.17) is 16.7 Å². The number of halogens is 15. The number of carbonyl (C=O) groups is 2. The molecule has 0 unspecified atom stereocenters. The third-order valence-electron chi connectivity index (χ3n) is 3.10. The molecule has 0 saturated heterocycles. The SMILES string of the molecule is C=CC(=O)Cl.C=CC(=O)OCC=CC(F)(C(F)(F)F)C(F)(F)F.OCC=CC(F)(C(F)(F)F)C(F)(F)F. The molecule has 0 aromatic carbocycles. The molecule has 216 valence electrons. The fraction of sp³-hybridized carbons (Fsp3) is 0.444. The highest BCUT2D eigenvalue weighted by Gasteiger charge is 2.71. The molecule has 0 aliphatic heterocycles. The molecule has 0 spiro atoms. The van der Waals surface area contributed by atoms with E-state index in [2.05, 4.69) is 17.9 Å². The van der Waals surface area contributed by atoms with Gasteiger partial charge < -0.3 is 9.84 Å². The average Bonchev–Trinajstić information content (AvgIpc) is 2.72. The first-order valence-electron chi connectivity index (χ1n) is 8.51. The van der Waals surface area contributed by atoms with Crippen LogP contribution in [0.1, 0.15) is 0 Å². The van der Waals surface area contributed by atoms with E-state index in [0.29, 0.717) is 6.08 Å². The molecule has 4 nitrogen and oxygen atoms in total. The van der Waals surface area contributed by atoms with Gasteiger partial charge in [-0.25, -0.2) is 13.6 Å². The highest BCUT2D eigenvalue weighted by atomic mass is 35.5. The van der Waals surface area contributed by atoms with Crippen LogP contribution in [0.5, 0.6) is 0 Å². The summed E-state index contributed by atoms with van der Waals surface area (Å²) in [7, 11) is 0. The molecule has 0 aliphatic rings. The van der Waals surface area contributed by atoms with Gasteiger partial charge >= 0.3 is 42.0 Å². The second-order valence-electron chi connectivity index (χ2n) is 5.74. The summed E-state index contributed by atoms with van der Waals surface area (Å²) in [6.45, 7) is 3.96. The zero-order chi connectivity index (χ0) is 30.5. The van der Waals surface area contributed by atoms with Gasteiger partial charge in [0.05, 0.1) is 6.61 Å². The minimum absolute atomic E-state index is 0.0426. The summed E-state index contributed by atoms with van der Waals surface area (Å²) < 4.78 is 172. The van der Waals surface area contributed by atoms with E-state index in [1.165, 1.54) is 0 Å². The van der Waals surface area contributed by atoms with Gasteiger partial charge in [-0.1, -0.05) is 19.2 Å². The standard InChI is InChI=1S/C9H7F7O2.C6H5F7O.C3H3ClO/c1-2-6(17)18-5-3-4-7(10,8(11,12)13)9(14,15)16;7-4(2-1-3-14,5(8,9)10)6(11,12)13;1-2-3(4)5/h2-4H,1,5H2;1-2,14H,3H2;2H,1H2. The highest BCUT2D eigenvalue weighted by Crippen LogP contribution is 2.48. The summed E-state index contributed by atoms with van der Waals surface area (Å²) >= 11 is 4.71. The molecular formula is C18H15ClF14O4. The average molecular weight is 597 g/mol. The molecule has 0 amide bonds. The van der Waals surface area contributed by atoms with Crippen LogP contribution in [-0.4, -0.2) is 65.6 Å². The summed E-state index contributed by atoms with van der Waals surface area (Å²) in [6, 6.07) is 0. The van der Waals surface area contributed by atoms with Crippen molar-refractivity contribution in [1.82, 2.24) is 0 Å². The van der Waals surface area contributed by atoms with Crippen molar-refractivity contribution in [2.75, 3.05) is 13.2 Å². The summed E-state index contributed by atoms with van der Waals surface area (Å²) in [5.41, 5.74) is -10.9. The van der Waals surface area contributed by atoms with Crippen molar-refractivity contribution in [3.63, 3.8) is 0 Å². The van der Waals surface area contributed by atoms with Crippen LogP contribution >= 0.6 is 11.6 Å². The van der Waals surface area contributed by atoms with Crippen molar-refractivity contribution < 1.29 is 80.9 Å². The maximum atomic E-state index is 12.9. The van der Waals surface area contributed by atoms with E-state index in [1.54, 1.807) is 0 Å². The lowest BCUT2D eigenvalue weighted by Crippen LogP contribution is -2.51. The predicted octanol–water partition coefficient (Wildman–Crippen LogP) is 6.41. The molecule has 0 rings (SSSR count). The number of hydrogen-bond donors (Lipinski definition) is 1. The van der Waals surface area contributed by atoms with E-state index < -0.39 is 72.6 Å². The Labute approximate surface area is 203 Å². The van der Waals surface area contributed by atoms with Crippen molar-refractivity contribution in [3.8, 4) is 0 Å². The van der Waals surface area contributed by atoms with Gasteiger partial charge in [0.1, 0.15) is 6.61 Å². The first-order chi connectivity index (χ1) is 16.3. The van der Waals surface area contributed by atoms with Gasteiger partial charge in [0.2, 0.25) is 5.24 Å². The van der Waals surface area contributed by atoms with Crippen molar-refractivity contribution in [2.24, 2.45) is 0 Å². The summed E-state index contributed by atoms with van der Waals surface area (Å²) in [5, 5.41) is 7.46. The van der Waals surface area contributed by atoms with Gasteiger partial charge in [-0.05, 0) is 35.9 Å². The molecule has 1 N–H and O–H groups in total. The molecule has 37 heavy (non-hydrogen) atoms. The molecule has 0 aromatic rings. The number of esters is 1. The van der Waals surface area contributed by atoms with E-state index >= 15 is 0 Å². The van der Waals surface area contributed by atoms with Crippen molar-refractivity contribution in [1.29, 1.82) is 0 Å². The maximum Gasteiger partial charge on any atom is 0.435 e. The minimum Gasteiger partial charge on any atom is -0.458 e. The second kappa shape index (κ2) is 14.9. The lowest BCUT2D eigenvalue weighted by atomic mass is 10.0. The predicted molar refractivity (Wildman–Crippen MR) is 99.5 cm³/mol. The van der Waals surface area contributed by atoms with E-state index in [0.717, 1.165) is 6.08 Å². The first-order valence-corrected chi connectivity index (χ1v) is 8.88. The smallest absolute Gasteiger partial charge is 0.435 e. The van der Waals surface area contributed by atoms with Gasteiger partial charge in [-0.2, -0.15) is 52.7 Å². The molecule has 0 fully saturated rings. The van der Waals surface area contributed by atoms with Gasteiger partial charge in [-0.15, -0.1) is 0 Å². The highest BCUT2D eigenvalue weighted by molar-refractivity contribution is 6.66. The quantitative estimate of drug-likeness (QED) is 0.121. The lowest BCUT2D eigenvalue weighted by molar-refractivity contribution is -0.322. The second-order valence-corrected chi connectivity index (χ2v) is 6.12. The topological polar surface area (TPSA) is 63.6 Å². The van der Waals surface area contributed by atoms with Crippen LogP contribution in [0.25, 0.3) is 0 Å². The largest absolute Gasteiger partial charge is 0.458 e. The Balaban J connectivity index is -0.000000539. The van der Waals surface area contributed by atoms with Crippen LogP contribution in [0.3, 0.4) is 0 Å². The zero-order valence-electron chi connectivity index (χ0n) is 17.6. The van der Waals surface area contributed by atoms with Crippen LogP contribution in [0, 0.1) is 0 Å². The normalized spacial score (nSPS) is 13.3. The number of allylic oxidation sites excluding steroid dienone is 3. The van der Waals surface area contributed by atoms with E-state index in [9.17, 15) is 71.1 Å². The first kappa shape index (κ1) is 38.9. The van der Waals surface area contributed by atoms with Crippen LogP contribution in [-0.2, 0) is 14.3 Å². The Morgan fingerprint density at radius 3 is 1.19 bits per heavy atom. The number of ether oxygens (including phenoxy) is 1. The molecule has 0 radical (unpaired) electrons. The lowest BCUT2D eigenvalue weighted by Gasteiger charge is -2.26. The van der Waals surface area contributed by atoms with Crippen molar-refractivity contribution >= 4 is 22.8 Å². The van der Waals surface area contributed by atoms with Gasteiger partial charge in [0.25, 0.3) is 0 Å². The van der Waals surface area contributed by atoms with Crippen LogP contribution in [0.2, 0.25) is 0 Å². The number of rotatable bonds is 7. The number of hydrogen-bond acceptors (Lipinski definition) is 4. The number of aliphatic hydroxyl groups excluding tert-OH is 1. The minimum atomic E-state index is -6.16. The molecule has 19 heteroatoms.